The summed E-state index contributed by atoms with van der Waals surface area (Å²) in [5, 5.41) is 8.20. The number of aryl methyl sites for hydroxylation is 2. The van der Waals surface area contributed by atoms with E-state index in [-0.39, 0.29) is 5.82 Å². The van der Waals surface area contributed by atoms with Crippen LogP contribution in [0, 0.1) is 13.8 Å². The summed E-state index contributed by atoms with van der Waals surface area (Å²) in [6.45, 7) is 3.74. The van der Waals surface area contributed by atoms with Crippen LogP contribution in [0.15, 0.2) is 65.8 Å². The molecule has 0 saturated heterocycles. The number of ether oxygens (including phenoxy) is 1. The summed E-state index contributed by atoms with van der Waals surface area (Å²) in [7, 11) is 0. The summed E-state index contributed by atoms with van der Waals surface area (Å²) in [5.41, 5.74) is 4.81. The van der Waals surface area contributed by atoms with E-state index in [4.69, 9.17) is 4.74 Å². The monoisotopic (exact) mass is 386 g/mol. The quantitative estimate of drug-likeness (QED) is 0.420. The van der Waals surface area contributed by atoms with E-state index in [1.807, 2.05) is 74.5 Å². The van der Waals surface area contributed by atoms with Gasteiger partial charge < -0.3 is 4.74 Å². The van der Waals surface area contributed by atoms with Crippen molar-refractivity contribution in [2.24, 2.45) is 5.10 Å². The van der Waals surface area contributed by atoms with E-state index in [0.29, 0.717) is 22.8 Å². The van der Waals surface area contributed by atoms with Crippen molar-refractivity contribution in [3.63, 3.8) is 0 Å². The molecule has 2 aromatic carbocycles. The van der Waals surface area contributed by atoms with E-state index < -0.39 is 5.91 Å². The maximum absolute atomic E-state index is 12.4. The highest BCUT2D eigenvalue weighted by molar-refractivity contribution is 5.92. The zero-order valence-electron chi connectivity index (χ0n) is 15.9. The maximum atomic E-state index is 12.4. The van der Waals surface area contributed by atoms with E-state index in [2.05, 4.69) is 25.6 Å². The van der Waals surface area contributed by atoms with Crippen LogP contribution < -0.4 is 10.2 Å². The number of amides is 1. The van der Waals surface area contributed by atoms with Crippen LogP contribution in [0.1, 0.15) is 27.6 Å². The Kier molecular flexibility index (Phi) is 4.98. The second kappa shape index (κ2) is 7.89. The van der Waals surface area contributed by atoms with Crippen molar-refractivity contribution in [1.82, 2.24) is 25.0 Å². The highest BCUT2D eigenvalue weighted by atomic mass is 16.5. The molecule has 1 amide bonds. The van der Waals surface area contributed by atoms with Crippen LogP contribution >= 0.6 is 0 Å². The molecule has 0 unspecified atom stereocenters. The molecule has 0 bridgehead atoms. The Morgan fingerprint density at radius 3 is 2.66 bits per heavy atom. The average Bonchev–Trinajstić information content (AvgIpc) is 3.14. The first kappa shape index (κ1) is 18.3. The number of carbonyl (C=O) groups is 1. The van der Waals surface area contributed by atoms with Gasteiger partial charge in [-0.1, -0.05) is 30.3 Å². The van der Waals surface area contributed by atoms with E-state index in [1.165, 1.54) is 10.7 Å². The van der Waals surface area contributed by atoms with Gasteiger partial charge in [-0.3, -0.25) is 4.79 Å². The molecule has 8 nitrogen and oxygen atoms in total. The minimum absolute atomic E-state index is 0.00262. The van der Waals surface area contributed by atoms with Crippen molar-refractivity contribution in [2.45, 2.75) is 13.8 Å². The van der Waals surface area contributed by atoms with Gasteiger partial charge in [-0.2, -0.15) is 10.1 Å². The molecule has 4 rings (SSSR count). The smallest absolute Gasteiger partial charge is 0.311 e. The molecule has 0 aliphatic heterocycles. The Morgan fingerprint density at radius 1 is 1.07 bits per heavy atom. The topological polar surface area (TPSA) is 93.8 Å². The molecule has 8 heteroatoms. The molecule has 4 aromatic rings. The predicted octanol–water partition coefficient (Wildman–Crippen LogP) is 3.30. The van der Waals surface area contributed by atoms with Gasteiger partial charge in [0.15, 0.2) is 0 Å². The van der Waals surface area contributed by atoms with Crippen LogP contribution in [0.2, 0.25) is 0 Å². The lowest BCUT2D eigenvalue weighted by Crippen LogP contribution is -2.19. The summed E-state index contributed by atoms with van der Waals surface area (Å²) >= 11 is 0. The molecule has 0 saturated carbocycles. The SMILES string of the molecule is Cc1cc(C)n2nc(C(=O)NN=Cc3ccccc3Oc3ccccc3)nc2n1. The van der Waals surface area contributed by atoms with Crippen LogP contribution in [0.25, 0.3) is 5.78 Å². The molecule has 29 heavy (non-hydrogen) atoms. The van der Waals surface area contributed by atoms with Gasteiger partial charge in [0.05, 0.1) is 6.21 Å². The number of hydrogen-bond donors (Lipinski definition) is 1. The summed E-state index contributed by atoms with van der Waals surface area (Å²) in [6, 6.07) is 18.7. The van der Waals surface area contributed by atoms with Crippen LogP contribution in [0.5, 0.6) is 11.5 Å². The minimum atomic E-state index is -0.523. The predicted molar refractivity (Wildman–Crippen MR) is 108 cm³/mol. The molecule has 1 N–H and O–H groups in total. The summed E-state index contributed by atoms with van der Waals surface area (Å²) in [6.07, 6.45) is 1.51. The van der Waals surface area contributed by atoms with Gasteiger partial charge in [-0.05, 0) is 44.2 Å². The molecule has 0 fully saturated rings. The highest BCUT2D eigenvalue weighted by Gasteiger charge is 2.14. The molecule has 144 valence electrons. The zero-order chi connectivity index (χ0) is 20.2. The summed E-state index contributed by atoms with van der Waals surface area (Å²) in [4.78, 5) is 20.8. The largest absolute Gasteiger partial charge is 0.457 e. The number of hydrogen-bond acceptors (Lipinski definition) is 6. The standard InChI is InChI=1S/C21H18N6O2/c1-14-12-15(2)27-21(23-14)24-19(26-27)20(28)25-22-13-16-8-6-7-11-18(16)29-17-9-4-3-5-10-17/h3-13H,1-2H3,(H,25,28). The molecule has 0 spiro atoms. The first-order valence-corrected chi connectivity index (χ1v) is 8.96. The van der Waals surface area contributed by atoms with E-state index in [9.17, 15) is 4.79 Å². The van der Waals surface area contributed by atoms with Crippen LogP contribution in [0.4, 0.5) is 0 Å². The third kappa shape index (κ3) is 4.11. The van der Waals surface area contributed by atoms with Crippen molar-refractivity contribution < 1.29 is 9.53 Å². The zero-order valence-corrected chi connectivity index (χ0v) is 15.9. The molecule has 0 aliphatic carbocycles. The number of aromatic nitrogens is 4. The Hall–Kier alpha value is -4.07. The third-order valence-corrected chi connectivity index (χ3v) is 4.08. The minimum Gasteiger partial charge on any atom is -0.457 e. The molecule has 0 radical (unpaired) electrons. The number of fused-ring (bicyclic) bond motifs is 1. The third-order valence-electron chi connectivity index (χ3n) is 4.08. The lowest BCUT2D eigenvalue weighted by Gasteiger charge is -2.08. The Labute approximate surface area is 166 Å². The molecular formula is C21H18N6O2. The second-order valence-electron chi connectivity index (χ2n) is 6.34. The Morgan fingerprint density at radius 2 is 1.83 bits per heavy atom. The molecular weight excluding hydrogens is 368 g/mol. The van der Waals surface area contributed by atoms with Gasteiger partial charge in [0.2, 0.25) is 5.82 Å². The first-order valence-electron chi connectivity index (χ1n) is 8.96. The van der Waals surface area contributed by atoms with Crippen molar-refractivity contribution >= 4 is 17.9 Å². The number of hydrazone groups is 1. The normalized spacial score (nSPS) is 11.1. The van der Waals surface area contributed by atoms with Gasteiger partial charge in [0, 0.05) is 17.0 Å². The van der Waals surface area contributed by atoms with Crippen molar-refractivity contribution in [3.05, 3.63) is 83.4 Å². The van der Waals surface area contributed by atoms with E-state index in [1.54, 1.807) is 0 Å². The van der Waals surface area contributed by atoms with Gasteiger partial charge >= 0.3 is 5.91 Å². The van der Waals surface area contributed by atoms with Crippen molar-refractivity contribution in [2.75, 3.05) is 0 Å². The molecule has 0 atom stereocenters. The Balaban J connectivity index is 1.49. The van der Waals surface area contributed by atoms with Gasteiger partial charge in [0.25, 0.3) is 5.78 Å². The maximum Gasteiger partial charge on any atom is 0.311 e. The van der Waals surface area contributed by atoms with Gasteiger partial charge in [0.1, 0.15) is 11.5 Å². The lowest BCUT2D eigenvalue weighted by molar-refractivity contribution is 0.0945. The molecule has 2 heterocycles. The fraction of sp³-hybridized carbons (Fsp3) is 0.0952. The molecule has 0 aliphatic rings. The van der Waals surface area contributed by atoms with Gasteiger partial charge in [-0.25, -0.2) is 14.9 Å². The lowest BCUT2D eigenvalue weighted by atomic mass is 10.2. The number of rotatable bonds is 5. The van der Waals surface area contributed by atoms with Gasteiger partial charge in [-0.15, -0.1) is 5.10 Å². The fourth-order valence-electron chi connectivity index (χ4n) is 2.77. The van der Waals surface area contributed by atoms with Crippen LogP contribution in [-0.4, -0.2) is 31.7 Å². The van der Waals surface area contributed by atoms with Crippen LogP contribution in [-0.2, 0) is 0 Å². The van der Waals surface area contributed by atoms with E-state index >= 15 is 0 Å². The number of nitrogens with one attached hydrogen (secondary N) is 1. The van der Waals surface area contributed by atoms with E-state index in [0.717, 1.165) is 11.4 Å². The number of benzene rings is 2. The number of carbonyl (C=O) groups excluding carboxylic acids is 1. The summed E-state index contributed by atoms with van der Waals surface area (Å²) < 4.78 is 7.40. The highest BCUT2D eigenvalue weighted by Crippen LogP contribution is 2.23. The van der Waals surface area contributed by atoms with Crippen LogP contribution in [0.3, 0.4) is 0 Å². The second-order valence-corrected chi connectivity index (χ2v) is 6.34. The average molecular weight is 386 g/mol. The number of nitrogens with zero attached hydrogens (tertiary/aromatic N) is 5. The molecule has 2 aromatic heterocycles. The fourth-order valence-corrected chi connectivity index (χ4v) is 2.77. The summed E-state index contributed by atoms with van der Waals surface area (Å²) in [5.74, 6) is 1.18. The number of para-hydroxylation sites is 2. The van der Waals surface area contributed by atoms with Crippen molar-refractivity contribution in [3.8, 4) is 11.5 Å². The first-order chi connectivity index (χ1) is 14.1. The Bertz CT molecular complexity index is 1200. The van der Waals surface area contributed by atoms with Crippen molar-refractivity contribution in [1.29, 1.82) is 0 Å².